The molecule has 0 unspecified atom stereocenters. The third kappa shape index (κ3) is 15.4. The fourth-order valence-corrected chi connectivity index (χ4v) is 4.26. The highest BCUT2D eigenvalue weighted by Gasteiger charge is 1.98. The van der Waals surface area contributed by atoms with Crippen molar-refractivity contribution in [3.63, 3.8) is 0 Å². The van der Waals surface area contributed by atoms with Gasteiger partial charge in [-0.15, -0.1) is 11.3 Å². The van der Waals surface area contributed by atoms with Gasteiger partial charge in [0.25, 0.3) is 0 Å². The van der Waals surface area contributed by atoms with Crippen LogP contribution in [-0.2, 0) is 11.2 Å². The van der Waals surface area contributed by atoms with E-state index in [0.29, 0.717) is 6.42 Å². The first kappa shape index (κ1) is 23.2. The van der Waals surface area contributed by atoms with E-state index in [0.717, 1.165) is 12.8 Å². The van der Waals surface area contributed by atoms with Crippen LogP contribution >= 0.6 is 11.3 Å². The number of rotatable bonds is 19. The number of hydrogen-bond donors (Lipinski definition) is 1. The van der Waals surface area contributed by atoms with Gasteiger partial charge < -0.3 is 5.11 Å². The van der Waals surface area contributed by atoms with Crippen molar-refractivity contribution in [2.75, 3.05) is 0 Å². The Hall–Kier alpha value is -0.830. The minimum atomic E-state index is -0.654. The predicted octanol–water partition coefficient (Wildman–Crippen LogP) is 8.01. The molecule has 0 radical (unpaired) electrons. The lowest BCUT2D eigenvalue weighted by atomic mass is 10.0. The Morgan fingerprint density at radius 2 is 1.12 bits per heavy atom. The lowest BCUT2D eigenvalue weighted by Crippen LogP contribution is -1.93. The largest absolute Gasteiger partial charge is 0.481 e. The molecular formula is C23H40O2S. The average molecular weight is 381 g/mol. The van der Waals surface area contributed by atoms with Crippen molar-refractivity contribution < 1.29 is 9.90 Å². The van der Waals surface area contributed by atoms with Gasteiger partial charge >= 0.3 is 5.97 Å². The predicted molar refractivity (Wildman–Crippen MR) is 114 cm³/mol. The van der Waals surface area contributed by atoms with Crippen molar-refractivity contribution in [1.82, 2.24) is 0 Å². The molecule has 0 saturated heterocycles. The second-order valence-electron chi connectivity index (χ2n) is 7.63. The number of carboxylic acids is 1. The first-order valence-corrected chi connectivity index (χ1v) is 11.9. The number of unbranched alkanes of at least 4 members (excludes halogenated alkanes) is 15. The number of aliphatic carboxylic acids is 1. The highest BCUT2D eigenvalue weighted by Crippen LogP contribution is 2.16. The molecule has 3 heteroatoms. The lowest BCUT2D eigenvalue weighted by molar-refractivity contribution is -0.137. The number of thiophene rings is 1. The molecule has 0 spiro atoms. The lowest BCUT2D eigenvalue weighted by Gasteiger charge is -2.03. The monoisotopic (exact) mass is 380 g/mol. The topological polar surface area (TPSA) is 37.3 Å². The molecule has 1 N–H and O–H groups in total. The Morgan fingerprint density at radius 3 is 1.50 bits per heavy atom. The number of carboxylic acid groups (broad SMARTS) is 1. The van der Waals surface area contributed by atoms with Crippen LogP contribution in [0.1, 0.15) is 114 Å². The molecule has 150 valence electrons. The molecule has 0 aliphatic rings. The molecule has 1 aromatic heterocycles. The minimum Gasteiger partial charge on any atom is -0.481 e. The van der Waals surface area contributed by atoms with E-state index in [1.54, 1.807) is 4.88 Å². The van der Waals surface area contributed by atoms with E-state index in [-0.39, 0.29) is 0 Å². The zero-order valence-electron chi connectivity index (χ0n) is 16.7. The third-order valence-electron chi connectivity index (χ3n) is 5.14. The summed E-state index contributed by atoms with van der Waals surface area (Å²) in [6.45, 7) is 0. The second kappa shape index (κ2) is 17.6. The molecule has 0 aliphatic carbocycles. The van der Waals surface area contributed by atoms with Gasteiger partial charge in [0.1, 0.15) is 0 Å². The number of hydrogen-bond acceptors (Lipinski definition) is 2. The molecule has 1 heterocycles. The summed E-state index contributed by atoms with van der Waals surface area (Å²) >= 11 is 1.89. The Kier molecular flexibility index (Phi) is 15.7. The molecule has 0 atom stereocenters. The molecule has 0 saturated carbocycles. The van der Waals surface area contributed by atoms with E-state index in [1.807, 2.05) is 11.3 Å². The van der Waals surface area contributed by atoms with Crippen molar-refractivity contribution in [1.29, 1.82) is 0 Å². The van der Waals surface area contributed by atoms with Gasteiger partial charge in [-0.2, -0.15) is 0 Å². The quantitative estimate of drug-likeness (QED) is 0.247. The summed E-state index contributed by atoms with van der Waals surface area (Å²) in [5.41, 5.74) is 0. The Bertz CT molecular complexity index is 414. The van der Waals surface area contributed by atoms with Crippen LogP contribution in [-0.4, -0.2) is 11.1 Å². The average Bonchev–Trinajstić information content (AvgIpc) is 3.14. The van der Waals surface area contributed by atoms with Crippen LogP contribution in [0.5, 0.6) is 0 Å². The molecule has 0 aromatic carbocycles. The van der Waals surface area contributed by atoms with Crippen molar-refractivity contribution in [3.05, 3.63) is 22.4 Å². The molecule has 0 amide bonds. The van der Waals surface area contributed by atoms with Gasteiger partial charge in [-0.1, -0.05) is 96.0 Å². The molecule has 1 rings (SSSR count). The van der Waals surface area contributed by atoms with E-state index < -0.39 is 5.97 Å². The minimum absolute atomic E-state index is 0.342. The first-order valence-electron chi connectivity index (χ1n) is 11.0. The maximum atomic E-state index is 10.4. The smallest absolute Gasteiger partial charge is 0.303 e. The van der Waals surface area contributed by atoms with E-state index >= 15 is 0 Å². The zero-order chi connectivity index (χ0) is 18.7. The summed E-state index contributed by atoms with van der Waals surface area (Å²) in [4.78, 5) is 11.9. The Labute approximate surface area is 165 Å². The SMILES string of the molecule is O=C(O)CCCCCCCCCCCCCCCCCCc1cccs1. The van der Waals surface area contributed by atoms with Crippen molar-refractivity contribution in [3.8, 4) is 0 Å². The second-order valence-corrected chi connectivity index (χ2v) is 8.66. The van der Waals surface area contributed by atoms with Gasteiger partial charge in [0.05, 0.1) is 0 Å². The maximum Gasteiger partial charge on any atom is 0.303 e. The standard InChI is InChI=1S/C23H40O2S/c24-23(25)20-16-14-12-10-8-6-4-2-1-3-5-7-9-11-13-15-18-22-19-17-21-26-22/h17,19,21H,1-16,18,20H2,(H,24,25). The van der Waals surface area contributed by atoms with E-state index in [1.165, 1.54) is 96.3 Å². The number of aryl methyl sites for hydroxylation is 1. The third-order valence-corrected chi connectivity index (χ3v) is 6.08. The van der Waals surface area contributed by atoms with Gasteiger partial charge in [0, 0.05) is 11.3 Å². The van der Waals surface area contributed by atoms with Crippen LogP contribution in [0.4, 0.5) is 0 Å². The van der Waals surface area contributed by atoms with Gasteiger partial charge in [0.15, 0.2) is 0 Å². The highest BCUT2D eigenvalue weighted by molar-refractivity contribution is 7.09. The van der Waals surface area contributed by atoms with Crippen LogP contribution in [0, 0.1) is 0 Å². The van der Waals surface area contributed by atoms with Gasteiger partial charge in [-0.25, -0.2) is 0 Å². The van der Waals surface area contributed by atoms with Crippen molar-refractivity contribution in [2.45, 2.75) is 116 Å². The molecule has 0 fully saturated rings. The Morgan fingerprint density at radius 1 is 0.692 bits per heavy atom. The van der Waals surface area contributed by atoms with Crippen LogP contribution in [0.15, 0.2) is 17.5 Å². The highest BCUT2D eigenvalue weighted by atomic mass is 32.1. The van der Waals surface area contributed by atoms with Crippen LogP contribution in [0.2, 0.25) is 0 Å². The molecular weight excluding hydrogens is 340 g/mol. The zero-order valence-corrected chi connectivity index (χ0v) is 17.5. The fourth-order valence-electron chi connectivity index (χ4n) is 3.51. The molecule has 2 nitrogen and oxygen atoms in total. The first-order chi connectivity index (χ1) is 12.8. The fraction of sp³-hybridized carbons (Fsp3) is 0.783. The number of carbonyl (C=O) groups is 1. The van der Waals surface area contributed by atoms with Crippen LogP contribution < -0.4 is 0 Å². The maximum absolute atomic E-state index is 10.4. The summed E-state index contributed by atoms with van der Waals surface area (Å²) in [7, 11) is 0. The van der Waals surface area contributed by atoms with E-state index in [9.17, 15) is 4.79 Å². The summed E-state index contributed by atoms with van der Waals surface area (Å²) in [6, 6.07) is 4.41. The van der Waals surface area contributed by atoms with Crippen molar-refractivity contribution in [2.24, 2.45) is 0 Å². The van der Waals surface area contributed by atoms with Crippen molar-refractivity contribution >= 4 is 17.3 Å². The molecule has 0 aliphatic heterocycles. The van der Waals surface area contributed by atoms with Gasteiger partial charge in [-0.3, -0.25) is 4.79 Å². The molecule has 1 aromatic rings. The Balaban J connectivity index is 1.66. The van der Waals surface area contributed by atoms with Gasteiger partial charge in [-0.05, 0) is 30.7 Å². The summed E-state index contributed by atoms with van der Waals surface area (Å²) in [6.07, 6.45) is 22.8. The van der Waals surface area contributed by atoms with E-state index in [2.05, 4.69) is 17.5 Å². The van der Waals surface area contributed by atoms with Crippen LogP contribution in [0.25, 0.3) is 0 Å². The van der Waals surface area contributed by atoms with Crippen LogP contribution in [0.3, 0.4) is 0 Å². The summed E-state index contributed by atoms with van der Waals surface area (Å²) < 4.78 is 0. The molecule has 0 bridgehead atoms. The summed E-state index contributed by atoms with van der Waals surface area (Å²) in [5.74, 6) is -0.654. The summed E-state index contributed by atoms with van der Waals surface area (Å²) in [5, 5.41) is 10.8. The van der Waals surface area contributed by atoms with E-state index in [4.69, 9.17) is 5.11 Å². The van der Waals surface area contributed by atoms with Gasteiger partial charge in [0.2, 0.25) is 0 Å². The molecule has 26 heavy (non-hydrogen) atoms. The normalized spacial score (nSPS) is 11.1.